The molecule has 1 aromatic rings. The first-order valence-electron chi connectivity index (χ1n) is 10.0. The highest BCUT2D eigenvalue weighted by atomic mass is 32.1. The summed E-state index contributed by atoms with van der Waals surface area (Å²) in [5.74, 6) is 0.345. The molecule has 0 bridgehead atoms. The molecule has 1 fully saturated rings. The van der Waals surface area contributed by atoms with Crippen LogP contribution in [0.4, 0.5) is 5.00 Å². The van der Waals surface area contributed by atoms with E-state index in [0.717, 1.165) is 37.9 Å². The Morgan fingerprint density at radius 3 is 2.65 bits per heavy atom. The zero-order chi connectivity index (χ0) is 18.5. The third-order valence-electron chi connectivity index (χ3n) is 5.47. The molecule has 1 unspecified atom stereocenters. The zero-order valence-electron chi connectivity index (χ0n) is 16.0. The molecule has 2 N–H and O–H groups in total. The van der Waals surface area contributed by atoms with E-state index in [2.05, 4.69) is 12.2 Å². The van der Waals surface area contributed by atoms with E-state index in [9.17, 15) is 9.59 Å². The second kappa shape index (κ2) is 9.00. The van der Waals surface area contributed by atoms with Crippen LogP contribution < -0.4 is 10.2 Å². The van der Waals surface area contributed by atoms with E-state index in [4.69, 9.17) is 4.74 Å². The molecule has 1 aliphatic heterocycles. The lowest BCUT2D eigenvalue weighted by atomic mass is 9.88. The van der Waals surface area contributed by atoms with Crippen molar-refractivity contribution in [1.29, 1.82) is 0 Å². The Morgan fingerprint density at radius 1 is 1.23 bits per heavy atom. The van der Waals surface area contributed by atoms with Crippen molar-refractivity contribution in [3.05, 3.63) is 16.0 Å². The van der Waals surface area contributed by atoms with Gasteiger partial charge in [-0.2, -0.15) is 0 Å². The van der Waals surface area contributed by atoms with Crippen LogP contribution in [0, 0.1) is 5.92 Å². The van der Waals surface area contributed by atoms with Crippen molar-refractivity contribution in [2.45, 2.75) is 58.8 Å². The fraction of sp³-hybridized carbons (Fsp3) is 0.700. The van der Waals surface area contributed by atoms with E-state index in [1.165, 1.54) is 35.5 Å². The Hall–Kier alpha value is -1.40. The first kappa shape index (κ1) is 19.4. The van der Waals surface area contributed by atoms with E-state index < -0.39 is 0 Å². The van der Waals surface area contributed by atoms with Gasteiger partial charge in [-0.15, -0.1) is 11.3 Å². The lowest BCUT2D eigenvalue weighted by molar-refractivity contribution is -0.890. The van der Waals surface area contributed by atoms with Crippen LogP contribution in [-0.2, 0) is 22.4 Å². The van der Waals surface area contributed by atoms with Gasteiger partial charge in [0.25, 0.3) is 5.91 Å². The average Bonchev–Trinajstić information content (AvgIpc) is 2.76. The van der Waals surface area contributed by atoms with Gasteiger partial charge in [0.1, 0.15) is 5.00 Å². The number of nitrogens with one attached hydrogen (secondary N) is 2. The number of carbonyl (C=O) groups excluding carboxylic acids is 2. The van der Waals surface area contributed by atoms with Crippen LogP contribution in [-0.4, -0.2) is 38.1 Å². The average molecular weight is 380 g/mol. The van der Waals surface area contributed by atoms with Gasteiger partial charge < -0.3 is 15.0 Å². The van der Waals surface area contributed by atoms with Gasteiger partial charge in [0.2, 0.25) is 0 Å². The summed E-state index contributed by atoms with van der Waals surface area (Å²) in [6.45, 7) is 7.03. The van der Waals surface area contributed by atoms with Crippen molar-refractivity contribution in [2.24, 2.45) is 5.92 Å². The number of thiophene rings is 1. The van der Waals surface area contributed by atoms with Crippen molar-refractivity contribution in [2.75, 3.05) is 31.6 Å². The number of esters is 1. The number of hydrogen-bond acceptors (Lipinski definition) is 4. The molecule has 26 heavy (non-hydrogen) atoms. The summed E-state index contributed by atoms with van der Waals surface area (Å²) in [5.41, 5.74) is 1.71. The molecule has 0 radical (unpaired) electrons. The van der Waals surface area contributed by atoms with E-state index in [-0.39, 0.29) is 11.9 Å². The largest absolute Gasteiger partial charge is 0.462 e. The number of anilines is 1. The first-order chi connectivity index (χ1) is 12.6. The van der Waals surface area contributed by atoms with Crippen LogP contribution in [0.1, 0.15) is 66.8 Å². The van der Waals surface area contributed by atoms with Crippen LogP contribution >= 0.6 is 11.3 Å². The number of carbonyl (C=O) groups is 2. The minimum Gasteiger partial charge on any atom is -0.462 e. The fourth-order valence-corrected chi connectivity index (χ4v) is 5.48. The molecular formula is C20H31N2O3S+. The summed E-state index contributed by atoms with van der Waals surface area (Å²) in [6, 6.07) is 0. The highest BCUT2D eigenvalue weighted by molar-refractivity contribution is 7.17. The van der Waals surface area contributed by atoms with E-state index >= 15 is 0 Å². The van der Waals surface area contributed by atoms with Gasteiger partial charge in [0.05, 0.1) is 25.3 Å². The molecule has 1 saturated heterocycles. The Labute approximate surface area is 160 Å². The van der Waals surface area contributed by atoms with Gasteiger partial charge in [-0.3, -0.25) is 4.79 Å². The van der Waals surface area contributed by atoms with Crippen LogP contribution in [0.3, 0.4) is 0 Å². The fourth-order valence-electron chi connectivity index (χ4n) is 4.06. The monoisotopic (exact) mass is 379 g/mol. The number of amides is 1. The second-order valence-electron chi connectivity index (χ2n) is 7.67. The van der Waals surface area contributed by atoms with E-state index in [0.29, 0.717) is 29.6 Å². The standard InChI is InChI=1S/C20H30N2O3S/c1-3-25-20(24)18-15-9-8-14(2)12-16(15)26-19(18)21-17(23)13-22-10-6-4-5-7-11-22/h14H,3-13H2,1-2H3,(H,21,23)/p+1. The van der Waals surface area contributed by atoms with Gasteiger partial charge in [0.15, 0.2) is 6.54 Å². The highest BCUT2D eigenvalue weighted by Gasteiger charge is 2.29. The minimum atomic E-state index is -0.294. The molecule has 1 amide bonds. The summed E-state index contributed by atoms with van der Waals surface area (Å²) in [5, 5.41) is 3.74. The third kappa shape index (κ3) is 4.65. The molecule has 0 aromatic carbocycles. The summed E-state index contributed by atoms with van der Waals surface area (Å²) < 4.78 is 5.28. The van der Waals surface area contributed by atoms with Gasteiger partial charge in [-0.05, 0) is 63.4 Å². The molecule has 0 saturated carbocycles. The molecular weight excluding hydrogens is 348 g/mol. The number of fused-ring (bicyclic) bond motifs is 1. The van der Waals surface area contributed by atoms with Crippen molar-refractivity contribution >= 4 is 28.2 Å². The molecule has 0 spiro atoms. The Bertz CT molecular complexity index is 648. The predicted molar refractivity (Wildman–Crippen MR) is 104 cm³/mol. The predicted octanol–water partition coefficient (Wildman–Crippen LogP) is 2.45. The molecule has 6 heteroatoms. The third-order valence-corrected chi connectivity index (χ3v) is 6.64. The molecule has 1 aromatic heterocycles. The quantitative estimate of drug-likeness (QED) is 0.773. The van der Waals surface area contributed by atoms with Crippen LogP contribution in [0.5, 0.6) is 0 Å². The normalized spacial score (nSPS) is 20.9. The van der Waals surface area contributed by atoms with Gasteiger partial charge in [-0.1, -0.05) is 6.92 Å². The van der Waals surface area contributed by atoms with Crippen molar-refractivity contribution < 1.29 is 19.2 Å². The highest BCUT2D eigenvalue weighted by Crippen LogP contribution is 2.40. The summed E-state index contributed by atoms with van der Waals surface area (Å²) in [6.07, 6.45) is 7.90. The SMILES string of the molecule is CCOC(=O)c1c(NC(=O)C[NH+]2CCCCCC2)sc2c1CCC(C)C2. The molecule has 1 atom stereocenters. The van der Waals surface area contributed by atoms with Crippen LogP contribution in [0.2, 0.25) is 0 Å². The molecule has 2 aliphatic rings. The topological polar surface area (TPSA) is 59.8 Å². The number of rotatable bonds is 5. The zero-order valence-corrected chi connectivity index (χ0v) is 16.8. The molecule has 144 valence electrons. The number of hydrogen-bond donors (Lipinski definition) is 2. The second-order valence-corrected chi connectivity index (χ2v) is 8.77. The lowest BCUT2D eigenvalue weighted by Crippen LogP contribution is -3.12. The first-order valence-corrected chi connectivity index (χ1v) is 10.8. The van der Waals surface area contributed by atoms with Crippen molar-refractivity contribution in [3.8, 4) is 0 Å². The Morgan fingerprint density at radius 2 is 1.96 bits per heavy atom. The molecule has 1 aliphatic carbocycles. The summed E-state index contributed by atoms with van der Waals surface area (Å²) in [4.78, 5) is 27.7. The van der Waals surface area contributed by atoms with Crippen molar-refractivity contribution in [3.63, 3.8) is 0 Å². The Kier molecular flexibility index (Phi) is 6.70. The molecule has 5 nitrogen and oxygen atoms in total. The van der Waals surface area contributed by atoms with E-state index in [1.54, 1.807) is 11.3 Å². The maximum atomic E-state index is 12.6. The van der Waals surface area contributed by atoms with E-state index in [1.807, 2.05) is 6.92 Å². The smallest absolute Gasteiger partial charge is 0.341 e. The number of likely N-dealkylation sites (tertiary alicyclic amines) is 1. The maximum Gasteiger partial charge on any atom is 0.341 e. The van der Waals surface area contributed by atoms with Crippen molar-refractivity contribution in [1.82, 2.24) is 0 Å². The number of quaternary nitrogens is 1. The Balaban J connectivity index is 1.75. The molecule has 3 rings (SSSR count). The summed E-state index contributed by atoms with van der Waals surface area (Å²) in [7, 11) is 0. The number of ether oxygens (including phenoxy) is 1. The maximum absolute atomic E-state index is 12.6. The summed E-state index contributed by atoms with van der Waals surface area (Å²) >= 11 is 1.57. The van der Waals surface area contributed by atoms with Gasteiger partial charge >= 0.3 is 5.97 Å². The van der Waals surface area contributed by atoms with Crippen LogP contribution in [0.15, 0.2) is 0 Å². The molecule has 2 heterocycles. The van der Waals surface area contributed by atoms with Gasteiger partial charge in [-0.25, -0.2) is 4.79 Å². The lowest BCUT2D eigenvalue weighted by Gasteiger charge is -2.18. The minimum absolute atomic E-state index is 0.0130. The van der Waals surface area contributed by atoms with Crippen LogP contribution in [0.25, 0.3) is 0 Å². The van der Waals surface area contributed by atoms with Gasteiger partial charge in [0, 0.05) is 4.88 Å².